The van der Waals surface area contributed by atoms with Gasteiger partial charge in [-0.25, -0.2) is 0 Å². The van der Waals surface area contributed by atoms with Gasteiger partial charge >= 0.3 is 5.97 Å². The number of aromatic nitrogens is 1. The molecule has 4 aromatic carbocycles. The number of fused-ring (bicyclic) bond motifs is 1. The first-order valence-corrected chi connectivity index (χ1v) is 14.5. The Morgan fingerprint density at radius 1 is 1.09 bits per heavy atom. The maximum absolute atomic E-state index is 12.2. The van der Waals surface area contributed by atoms with E-state index in [4.69, 9.17) is 19.9 Å². The van der Waals surface area contributed by atoms with Crippen molar-refractivity contribution in [2.24, 2.45) is 0 Å². The highest BCUT2D eigenvalue weighted by Crippen LogP contribution is 2.49. The number of rotatable bonds is 7. The first-order chi connectivity index (χ1) is 20.6. The number of aryl methyl sites for hydroxylation is 1. The Morgan fingerprint density at radius 2 is 1.86 bits per heavy atom. The summed E-state index contributed by atoms with van der Waals surface area (Å²) in [5.74, 6) is 0.447. The van der Waals surface area contributed by atoms with Gasteiger partial charge in [-0.1, -0.05) is 24.3 Å². The molecular weight excluding hydrogens is 538 g/mol. The lowest BCUT2D eigenvalue weighted by atomic mass is 9.85. The van der Waals surface area contributed by atoms with E-state index < -0.39 is 11.6 Å². The van der Waals surface area contributed by atoms with E-state index in [-0.39, 0.29) is 6.42 Å². The number of nitrogens with one attached hydrogen (secondary N) is 2. The van der Waals surface area contributed by atoms with Crippen LogP contribution in [0.2, 0.25) is 0 Å². The highest BCUT2D eigenvalue weighted by molar-refractivity contribution is 6.11. The molecule has 0 spiro atoms. The Labute approximate surface area is 251 Å². The van der Waals surface area contributed by atoms with E-state index in [1.54, 1.807) is 0 Å². The molecule has 0 aliphatic carbocycles. The van der Waals surface area contributed by atoms with Gasteiger partial charge in [0.15, 0.2) is 0 Å². The van der Waals surface area contributed by atoms with Gasteiger partial charge in [-0.05, 0) is 96.1 Å². The monoisotopic (exact) mass is 573 g/mol. The molecule has 218 valence electrons. The number of aliphatic carboxylic acids is 1. The van der Waals surface area contributed by atoms with Gasteiger partial charge in [0, 0.05) is 48.6 Å². The summed E-state index contributed by atoms with van der Waals surface area (Å²) in [7, 11) is 1.84. The fraction of sp³-hybridized carbons (Fsp3) is 0.250. The smallest absolute Gasteiger partial charge is 0.307 e. The average molecular weight is 574 g/mol. The number of carboxylic acid groups (broad SMARTS) is 1. The third kappa shape index (κ3) is 5.16. The number of hydrogen-bond donors (Lipinski definition) is 3. The molecule has 1 aromatic heterocycles. The quantitative estimate of drug-likeness (QED) is 0.172. The van der Waals surface area contributed by atoms with Crippen LogP contribution in [0.3, 0.4) is 0 Å². The van der Waals surface area contributed by atoms with E-state index in [9.17, 15) is 9.90 Å². The van der Waals surface area contributed by atoms with Crippen LogP contribution in [-0.2, 0) is 17.6 Å². The highest BCUT2D eigenvalue weighted by atomic mass is 16.5. The number of benzene rings is 4. The van der Waals surface area contributed by atoms with Crippen molar-refractivity contribution < 1.29 is 19.4 Å². The minimum Gasteiger partial charge on any atom is -0.492 e. The van der Waals surface area contributed by atoms with Crippen molar-refractivity contribution in [2.45, 2.75) is 46.1 Å². The lowest BCUT2D eigenvalue weighted by Crippen LogP contribution is -2.24. The molecule has 0 unspecified atom stereocenters. The molecule has 0 radical (unpaired) electrons. The minimum absolute atomic E-state index is 0.137. The second kappa shape index (κ2) is 10.7. The van der Waals surface area contributed by atoms with Crippen LogP contribution in [0.1, 0.15) is 43.0 Å². The molecule has 0 amide bonds. The summed E-state index contributed by atoms with van der Waals surface area (Å²) < 4.78 is 12.7. The number of anilines is 1. The van der Waals surface area contributed by atoms with E-state index in [1.165, 1.54) is 6.21 Å². The number of carbonyl (C=O) groups is 1. The van der Waals surface area contributed by atoms with Gasteiger partial charge < -0.3 is 25.3 Å². The average Bonchev–Trinajstić information content (AvgIpc) is 2.97. The highest BCUT2D eigenvalue weighted by Gasteiger charge is 2.28. The minimum atomic E-state index is -0.901. The van der Waals surface area contributed by atoms with Gasteiger partial charge in [0.2, 0.25) is 0 Å². The summed E-state index contributed by atoms with van der Waals surface area (Å²) in [6, 6.07) is 18.3. The molecule has 0 bridgehead atoms. The van der Waals surface area contributed by atoms with Crippen molar-refractivity contribution in [3.63, 3.8) is 0 Å². The predicted molar refractivity (Wildman–Crippen MR) is 173 cm³/mol. The number of nitrogens with zero attached hydrogens (tertiary/aromatic N) is 1. The van der Waals surface area contributed by atoms with Gasteiger partial charge in [-0.3, -0.25) is 9.78 Å². The van der Waals surface area contributed by atoms with Crippen LogP contribution in [-0.4, -0.2) is 41.5 Å². The second-order valence-corrected chi connectivity index (χ2v) is 12.0. The first kappa shape index (κ1) is 28.2. The zero-order valence-electron chi connectivity index (χ0n) is 25.1. The lowest BCUT2D eigenvalue weighted by molar-refractivity contribution is -0.136. The van der Waals surface area contributed by atoms with Crippen molar-refractivity contribution >= 4 is 39.5 Å². The Hall–Kier alpha value is -4.91. The Kier molecular flexibility index (Phi) is 7.04. The number of hydrogen-bond acceptors (Lipinski definition) is 6. The molecule has 1 aliphatic heterocycles. The number of pyridine rings is 1. The summed E-state index contributed by atoms with van der Waals surface area (Å²) in [5, 5.41) is 23.9. The third-order valence-corrected chi connectivity index (χ3v) is 7.93. The predicted octanol–water partition coefficient (Wildman–Crippen LogP) is 7.81. The summed E-state index contributed by atoms with van der Waals surface area (Å²) >= 11 is 0. The summed E-state index contributed by atoms with van der Waals surface area (Å²) in [6.45, 7) is 8.54. The van der Waals surface area contributed by atoms with E-state index >= 15 is 0 Å². The van der Waals surface area contributed by atoms with Crippen molar-refractivity contribution in [3.8, 4) is 33.8 Å². The van der Waals surface area contributed by atoms with Crippen molar-refractivity contribution in [1.82, 2.24) is 4.98 Å². The van der Waals surface area contributed by atoms with E-state index in [0.29, 0.717) is 12.4 Å². The van der Waals surface area contributed by atoms with E-state index in [1.807, 2.05) is 71.3 Å². The molecule has 5 aromatic rings. The fourth-order valence-electron chi connectivity index (χ4n) is 6.11. The van der Waals surface area contributed by atoms with Crippen LogP contribution >= 0.6 is 0 Å². The van der Waals surface area contributed by atoms with Crippen LogP contribution < -0.4 is 14.8 Å². The topological polar surface area (TPSA) is 105 Å². The van der Waals surface area contributed by atoms with Gasteiger partial charge in [0.05, 0.1) is 24.1 Å². The number of ether oxygens (including phenoxy) is 2. The largest absolute Gasteiger partial charge is 0.492 e. The van der Waals surface area contributed by atoms with Gasteiger partial charge in [0.25, 0.3) is 0 Å². The standard InChI is InChI=1S/C36H35N3O4/c1-20-14-24-15-22(23-7-9-28(38-5)25(16-23)19-37)6-8-26(24)33(27(20)17-31(40)41)34-30(43-36(2,3)4)18-29-32-21(11-13-42-29)10-12-39-35(32)34/h6-10,12,14-16,18-19,37-38H,11,13,17H2,1-5H3,(H,40,41). The molecule has 0 fully saturated rings. The summed E-state index contributed by atoms with van der Waals surface area (Å²) in [5.41, 5.74) is 8.27. The second-order valence-electron chi connectivity index (χ2n) is 12.0. The van der Waals surface area contributed by atoms with Crippen LogP contribution in [0.5, 0.6) is 11.5 Å². The zero-order chi connectivity index (χ0) is 30.5. The van der Waals surface area contributed by atoms with Crippen LogP contribution in [0.4, 0.5) is 5.69 Å². The maximum Gasteiger partial charge on any atom is 0.307 e. The van der Waals surface area contributed by atoms with E-state index in [0.717, 1.165) is 84.0 Å². The van der Waals surface area contributed by atoms with Crippen molar-refractivity contribution in [3.05, 3.63) is 83.0 Å². The molecule has 7 nitrogen and oxygen atoms in total. The Bertz CT molecular complexity index is 1940. The van der Waals surface area contributed by atoms with E-state index in [2.05, 4.69) is 29.6 Å². The first-order valence-electron chi connectivity index (χ1n) is 14.5. The van der Waals surface area contributed by atoms with Crippen molar-refractivity contribution in [1.29, 1.82) is 5.41 Å². The molecule has 7 heteroatoms. The van der Waals surface area contributed by atoms with Crippen LogP contribution in [0, 0.1) is 12.3 Å². The van der Waals surface area contributed by atoms with Gasteiger partial charge in [-0.15, -0.1) is 0 Å². The zero-order valence-corrected chi connectivity index (χ0v) is 25.1. The molecule has 0 atom stereocenters. The third-order valence-electron chi connectivity index (χ3n) is 7.93. The van der Waals surface area contributed by atoms with Crippen LogP contribution in [0.15, 0.2) is 60.8 Å². The normalized spacial score (nSPS) is 12.7. The molecule has 1 aliphatic rings. The summed E-state index contributed by atoms with van der Waals surface area (Å²) in [6.07, 6.45) is 3.80. The summed E-state index contributed by atoms with van der Waals surface area (Å²) in [4.78, 5) is 17.1. The molecule has 43 heavy (non-hydrogen) atoms. The lowest BCUT2D eigenvalue weighted by Gasteiger charge is -2.28. The maximum atomic E-state index is 12.2. The van der Waals surface area contributed by atoms with Crippen molar-refractivity contribution in [2.75, 3.05) is 19.0 Å². The molecular formula is C36H35N3O4. The fourth-order valence-corrected chi connectivity index (χ4v) is 6.11. The molecule has 0 saturated carbocycles. The Balaban J connectivity index is 1.69. The SMILES string of the molecule is CNc1ccc(-c2ccc3c(-c4c(OC(C)(C)C)cc5c6c(ccnc46)CCO5)c(CC(=O)O)c(C)cc3c2)cc1C=N. The molecule has 0 saturated heterocycles. The molecule has 3 N–H and O–H groups in total. The number of carboxylic acids is 1. The van der Waals surface area contributed by atoms with Gasteiger partial charge in [0.1, 0.15) is 17.1 Å². The Morgan fingerprint density at radius 3 is 2.58 bits per heavy atom. The van der Waals surface area contributed by atoms with Crippen LogP contribution in [0.25, 0.3) is 43.9 Å². The van der Waals surface area contributed by atoms with Gasteiger partial charge in [-0.2, -0.15) is 0 Å². The molecule has 2 heterocycles. The molecule has 6 rings (SSSR count).